The second kappa shape index (κ2) is 5.45. The molecule has 3 aromatic rings. The number of pyridine rings is 1. The molecule has 1 fully saturated rings. The van der Waals surface area contributed by atoms with E-state index in [4.69, 9.17) is 4.74 Å². The van der Waals surface area contributed by atoms with Gasteiger partial charge in [-0.05, 0) is 18.9 Å². The molecule has 0 aromatic carbocycles. The van der Waals surface area contributed by atoms with Crippen molar-refractivity contribution in [2.75, 3.05) is 18.6 Å². The zero-order chi connectivity index (χ0) is 15.8. The van der Waals surface area contributed by atoms with Gasteiger partial charge in [0, 0.05) is 18.2 Å². The van der Waals surface area contributed by atoms with E-state index in [0.29, 0.717) is 11.8 Å². The first-order valence-electron chi connectivity index (χ1n) is 7.39. The van der Waals surface area contributed by atoms with Crippen molar-refractivity contribution in [3.63, 3.8) is 0 Å². The summed E-state index contributed by atoms with van der Waals surface area (Å²) in [6, 6.07) is 3.24. The number of hydrogen-bond acceptors (Lipinski definition) is 6. The Morgan fingerprint density at radius 3 is 3.13 bits per heavy atom. The third-order valence-electron chi connectivity index (χ3n) is 4.05. The number of ether oxygens (including phenoxy) is 1. The van der Waals surface area contributed by atoms with Gasteiger partial charge < -0.3 is 9.64 Å². The Labute approximate surface area is 131 Å². The quantitative estimate of drug-likeness (QED) is 0.736. The predicted octanol–water partition coefficient (Wildman–Crippen LogP) is 2.01. The summed E-state index contributed by atoms with van der Waals surface area (Å²) in [6.07, 6.45) is 6.31. The van der Waals surface area contributed by atoms with Gasteiger partial charge in [0.2, 0.25) is 11.8 Å². The molecule has 7 nitrogen and oxygen atoms in total. The van der Waals surface area contributed by atoms with Gasteiger partial charge in [0.15, 0.2) is 5.65 Å². The summed E-state index contributed by atoms with van der Waals surface area (Å²) in [4.78, 5) is 15.0. The molecule has 1 atom stereocenters. The highest BCUT2D eigenvalue weighted by Crippen LogP contribution is 2.38. The largest absolute Gasteiger partial charge is 0.481 e. The lowest BCUT2D eigenvalue weighted by atomic mass is 10.1. The van der Waals surface area contributed by atoms with Gasteiger partial charge in [-0.1, -0.05) is 0 Å². The van der Waals surface area contributed by atoms with Crippen molar-refractivity contribution in [2.24, 2.45) is 0 Å². The number of nitrogens with zero attached hydrogens (tertiary/aromatic N) is 6. The molecule has 0 unspecified atom stereocenters. The van der Waals surface area contributed by atoms with E-state index in [1.165, 1.54) is 13.2 Å². The number of fused-ring (bicyclic) bond motifs is 1. The molecule has 118 valence electrons. The van der Waals surface area contributed by atoms with Crippen LogP contribution in [-0.4, -0.2) is 38.2 Å². The van der Waals surface area contributed by atoms with Crippen LogP contribution in [0.25, 0.3) is 5.65 Å². The molecule has 0 aliphatic carbocycles. The summed E-state index contributed by atoms with van der Waals surface area (Å²) in [5.41, 5.74) is 1.45. The maximum atomic E-state index is 13.7. The van der Waals surface area contributed by atoms with E-state index in [1.807, 2.05) is 6.07 Å². The standard InChI is InChI=1S/C15H15FN6O/c1-23-14-11(7-10(16)8-17-14)12-3-2-6-21(12)15-18-9-22-13(20-15)4-5-19-22/h4-5,7-9,12H,2-3,6H2,1H3/t12-/m1/s1. The first kappa shape index (κ1) is 13.9. The fourth-order valence-electron chi connectivity index (χ4n) is 3.04. The van der Waals surface area contributed by atoms with Gasteiger partial charge in [-0.25, -0.2) is 18.9 Å². The summed E-state index contributed by atoms with van der Waals surface area (Å²) in [7, 11) is 1.54. The Hall–Kier alpha value is -2.77. The molecule has 0 saturated carbocycles. The third kappa shape index (κ3) is 2.36. The van der Waals surface area contributed by atoms with Crippen molar-refractivity contribution in [3.8, 4) is 5.88 Å². The third-order valence-corrected chi connectivity index (χ3v) is 4.05. The second-order valence-corrected chi connectivity index (χ2v) is 5.39. The van der Waals surface area contributed by atoms with Crippen molar-refractivity contribution >= 4 is 11.6 Å². The van der Waals surface area contributed by atoms with Crippen LogP contribution >= 0.6 is 0 Å². The highest BCUT2D eigenvalue weighted by Gasteiger charge is 2.31. The Morgan fingerprint density at radius 1 is 1.35 bits per heavy atom. The fourth-order valence-corrected chi connectivity index (χ4v) is 3.04. The molecular formula is C15H15FN6O. The van der Waals surface area contributed by atoms with Gasteiger partial charge in [0.05, 0.1) is 25.5 Å². The first-order valence-corrected chi connectivity index (χ1v) is 7.39. The maximum Gasteiger partial charge on any atom is 0.229 e. The molecule has 4 rings (SSSR count). The minimum absolute atomic E-state index is 0.0569. The Balaban J connectivity index is 1.75. The van der Waals surface area contributed by atoms with Gasteiger partial charge in [-0.15, -0.1) is 0 Å². The fraction of sp³-hybridized carbons (Fsp3) is 0.333. The second-order valence-electron chi connectivity index (χ2n) is 5.39. The lowest BCUT2D eigenvalue weighted by molar-refractivity contribution is 0.385. The van der Waals surface area contributed by atoms with Gasteiger partial charge in [0.1, 0.15) is 12.1 Å². The Morgan fingerprint density at radius 2 is 2.26 bits per heavy atom. The molecular weight excluding hydrogens is 299 g/mol. The molecule has 1 saturated heterocycles. The number of halogens is 1. The van der Waals surface area contributed by atoms with E-state index in [0.717, 1.165) is 36.8 Å². The van der Waals surface area contributed by atoms with E-state index in [-0.39, 0.29) is 11.9 Å². The van der Waals surface area contributed by atoms with Gasteiger partial charge in [-0.2, -0.15) is 10.1 Å². The SMILES string of the molecule is COc1ncc(F)cc1[C@H]1CCCN1c1ncn2nccc2n1. The highest BCUT2D eigenvalue weighted by atomic mass is 19.1. The van der Waals surface area contributed by atoms with Crippen LogP contribution in [-0.2, 0) is 0 Å². The number of anilines is 1. The lowest BCUT2D eigenvalue weighted by Gasteiger charge is -2.25. The van der Waals surface area contributed by atoms with Crippen LogP contribution in [0.3, 0.4) is 0 Å². The Bertz CT molecular complexity index is 851. The molecule has 0 amide bonds. The van der Waals surface area contributed by atoms with Crippen molar-refractivity contribution in [2.45, 2.75) is 18.9 Å². The molecule has 3 aromatic heterocycles. The molecule has 0 spiro atoms. The van der Waals surface area contributed by atoms with Crippen LogP contribution in [0.15, 0.2) is 30.9 Å². The average molecular weight is 314 g/mol. The summed E-state index contributed by atoms with van der Waals surface area (Å²) in [5, 5.41) is 4.10. The van der Waals surface area contributed by atoms with Gasteiger partial charge >= 0.3 is 0 Å². The van der Waals surface area contributed by atoms with Crippen molar-refractivity contribution < 1.29 is 9.13 Å². The average Bonchev–Trinajstić information content (AvgIpc) is 3.23. The zero-order valence-electron chi connectivity index (χ0n) is 12.6. The van der Waals surface area contributed by atoms with E-state index in [2.05, 4.69) is 25.0 Å². The summed E-state index contributed by atoms with van der Waals surface area (Å²) in [5.74, 6) is 0.667. The summed E-state index contributed by atoms with van der Waals surface area (Å²) in [6.45, 7) is 0.800. The predicted molar refractivity (Wildman–Crippen MR) is 80.9 cm³/mol. The van der Waals surface area contributed by atoms with Crippen LogP contribution in [0.2, 0.25) is 0 Å². The van der Waals surface area contributed by atoms with Crippen LogP contribution in [0.1, 0.15) is 24.4 Å². The van der Waals surface area contributed by atoms with Gasteiger partial charge in [-0.3, -0.25) is 0 Å². The van der Waals surface area contributed by atoms with Crippen LogP contribution in [0.4, 0.5) is 10.3 Å². The number of methoxy groups -OCH3 is 1. The molecule has 0 N–H and O–H groups in total. The zero-order valence-corrected chi connectivity index (χ0v) is 12.6. The maximum absolute atomic E-state index is 13.7. The first-order chi connectivity index (χ1) is 11.3. The van der Waals surface area contributed by atoms with Gasteiger partial charge in [0.25, 0.3) is 0 Å². The number of aromatic nitrogens is 5. The molecule has 0 radical (unpaired) electrons. The van der Waals surface area contributed by atoms with Crippen LogP contribution < -0.4 is 9.64 Å². The molecule has 8 heteroatoms. The van der Waals surface area contributed by atoms with Crippen molar-refractivity contribution in [3.05, 3.63) is 42.2 Å². The summed E-state index contributed by atoms with van der Waals surface area (Å²) < 4.78 is 20.6. The van der Waals surface area contributed by atoms with Crippen LogP contribution in [0, 0.1) is 5.82 Å². The van der Waals surface area contributed by atoms with E-state index in [1.54, 1.807) is 17.0 Å². The molecule has 23 heavy (non-hydrogen) atoms. The number of hydrogen-bond donors (Lipinski definition) is 0. The lowest BCUT2D eigenvalue weighted by Crippen LogP contribution is -2.25. The highest BCUT2D eigenvalue weighted by molar-refractivity contribution is 5.46. The summed E-state index contributed by atoms with van der Waals surface area (Å²) >= 11 is 0. The van der Waals surface area contributed by atoms with E-state index < -0.39 is 0 Å². The molecule has 0 bridgehead atoms. The van der Waals surface area contributed by atoms with Crippen LogP contribution in [0.5, 0.6) is 5.88 Å². The van der Waals surface area contributed by atoms with E-state index >= 15 is 0 Å². The normalized spacial score (nSPS) is 17.8. The topological polar surface area (TPSA) is 68.4 Å². The van der Waals surface area contributed by atoms with E-state index in [9.17, 15) is 4.39 Å². The molecule has 1 aliphatic heterocycles. The molecule has 4 heterocycles. The smallest absolute Gasteiger partial charge is 0.229 e. The monoisotopic (exact) mass is 314 g/mol. The van der Waals surface area contributed by atoms with Crippen molar-refractivity contribution in [1.29, 1.82) is 0 Å². The number of rotatable bonds is 3. The molecule has 1 aliphatic rings. The minimum Gasteiger partial charge on any atom is -0.481 e. The minimum atomic E-state index is -0.375. The van der Waals surface area contributed by atoms with Crippen molar-refractivity contribution in [1.82, 2.24) is 24.6 Å². The Kier molecular flexibility index (Phi) is 3.29.